The van der Waals surface area contributed by atoms with Gasteiger partial charge < -0.3 is 0 Å². The third-order valence-corrected chi connectivity index (χ3v) is 2.04. The van der Waals surface area contributed by atoms with E-state index in [4.69, 9.17) is 0 Å². The zero-order chi connectivity index (χ0) is 15.0. The Morgan fingerprint density at radius 2 is 1.47 bits per heavy atom. The van der Waals surface area contributed by atoms with Crippen LogP contribution < -0.4 is 0 Å². The van der Waals surface area contributed by atoms with Crippen LogP contribution in [0.3, 0.4) is 0 Å². The number of hydrogen-bond acceptors (Lipinski definition) is 2. The SMILES string of the molecule is O=C(CC(=O)C(F)(F)F)c1cc(F)c(F)c(F)c1F. The maximum absolute atomic E-state index is 13.0. The predicted octanol–water partition coefficient (Wildman–Crippen LogP) is 2.95. The molecule has 19 heavy (non-hydrogen) atoms. The summed E-state index contributed by atoms with van der Waals surface area (Å²) in [4.78, 5) is 21.6. The van der Waals surface area contributed by atoms with Crippen molar-refractivity contribution in [3.63, 3.8) is 0 Å². The average Bonchev–Trinajstić information content (AvgIpc) is 2.29. The van der Waals surface area contributed by atoms with Crippen LogP contribution in [-0.4, -0.2) is 17.7 Å². The summed E-state index contributed by atoms with van der Waals surface area (Å²) in [5.74, 6) is -13.0. The van der Waals surface area contributed by atoms with Gasteiger partial charge in [0.15, 0.2) is 29.1 Å². The first-order valence-corrected chi connectivity index (χ1v) is 4.52. The Morgan fingerprint density at radius 1 is 0.947 bits per heavy atom. The van der Waals surface area contributed by atoms with Gasteiger partial charge in [-0.2, -0.15) is 13.2 Å². The molecule has 0 heterocycles. The first-order chi connectivity index (χ1) is 8.55. The van der Waals surface area contributed by atoms with E-state index in [2.05, 4.69) is 0 Å². The summed E-state index contributed by atoms with van der Waals surface area (Å²) in [6, 6.07) is -0.111. The van der Waals surface area contributed by atoms with Crippen LogP contribution in [0.1, 0.15) is 16.8 Å². The first-order valence-electron chi connectivity index (χ1n) is 4.52. The van der Waals surface area contributed by atoms with E-state index in [-0.39, 0.29) is 6.07 Å². The summed E-state index contributed by atoms with van der Waals surface area (Å²) in [7, 11) is 0. The third-order valence-electron chi connectivity index (χ3n) is 2.04. The van der Waals surface area contributed by atoms with Crippen LogP contribution in [0.2, 0.25) is 0 Å². The largest absolute Gasteiger partial charge is 0.450 e. The van der Waals surface area contributed by atoms with Gasteiger partial charge in [0.2, 0.25) is 5.78 Å². The minimum absolute atomic E-state index is 0.111. The number of carbonyl (C=O) groups excluding carboxylic acids is 2. The Labute approximate surface area is 100 Å². The molecule has 0 aliphatic rings. The van der Waals surface area contributed by atoms with E-state index in [9.17, 15) is 40.3 Å². The molecule has 9 heteroatoms. The maximum Gasteiger partial charge on any atom is 0.450 e. The molecule has 0 fully saturated rings. The summed E-state index contributed by atoms with van der Waals surface area (Å²) in [5.41, 5.74) is -1.46. The molecule has 0 aromatic heterocycles. The molecule has 2 nitrogen and oxygen atoms in total. The second-order valence-corrected chi connectivity index (χ2v) is 3.37. The molecule has 1 aromatic carbocycles. The highest BCUT2D eigenvalue weighted by molar-refractivity contribution is 6.09. The summed E-state index contributed by atoms with van der Waals surface area (Å²) in [6.07, 6.45) is -7.17. The van der Waals surface area contributed by atoms with E-state index < -0.39 is 53.0 Å². The zero-order valence-corrected chi connectivity index (χ0v) is 8.75. The molecular formula is C10H3F7O2. The van der Waals surface area contributed by atoms with Crippen LogP contribution in [0.4, 0.5) is 30.7 Å². The van der Waals surface area contributed by atoms with Crippen molar-refractivity contribution in [2.45, 2.75) is 12.6 Å². The van der Waals surface area contributed by atoms with Gasteiger partial charge in [-0.05, 0) is 6.07 Å². The normalized spacial score (nSPS) is 11.5. The summed E-state index contributed by atoms with van der Waals surface area (Å²) < 4.78 is 86.6. The van der Waals surface area contributed by atoms with Crippen molar-refractivity contribution >= 4 is 11.6 Å². The lowest BCUT2D eigenvalue weighted by Crippen LogP contribution is -2.26. The molecule has 0 atom stereocenters. The highest BCUT2D eigenvalue weighted by atomic mass is 19.4. The highest BCUT2D eigenvalue weighted by Gasteiger charge is 2.40. The third kappa shape index (κ3) is 3.09. The van der Waals surface area contributed by atoms with Gasteiger partial charge in [-0.1, -0.05) is 0 Å². The molecular weight excluding hydrogens is 285 g/mol. The van der Waals surface area contributed by atoms with Gasteiger partial charge in [0.25, 0.3) is 0 Å². The Balaban J connectivity index is 3.12. The average molecular weight is 288 g/mol. The van der Waals surface area contributed by atoms with Crippen molar-refractivity contribution in [1.29, 1.82) is 0 Å². The second kappa shape index (κ2) is 4.98. The van der Waals surface area contributed by atoms with Crippen molar-refractivity contribution in [2.24, 2.45) is 0 Å². The van der Waals surface area contributed by atoms with E-state index in [0.717, 1.165) is 0 Å². The number of benzene rings is 1. The van der Waals surface area contributed by atoms with Crippen LogP contribution >= 0.6 is 0 Å². The van der Waals surface area contributed by atoms with Crippen molar-refractivity contribution in [3.05, 3.63) is 34.9 Å². The van der Waals surface area contributed by atoms with Crippen LogP contribution in [0.5, 0.6) is 0 Å². The minimum Gasteiger partial charge on any atom is -0.294 e. The molecule has 0 aliphatic carbocycles. The van der Waals surface area contributed by atoms with Gasteiger partial charge in [-0.25, -0.2) is 17.6 Å². The predicted molar refractivity (Wildman–Crippen MR) is 46.3 cm³/mol. The standard InChI is InChI=1S/C10H3F7O2/c11-4-1-3(7(12)9(14)8(4)13)5(18)2-6(19)10(15,16)17/h1H,2H2. The molecule has 0 N–H and O–H groups in total. The fourth-order valence-electron chi connectivity index (χ4n) is 1.12. The van der Waals surface area contributed by atoms with E-state index in [1.165, 1.54) is 0 Å². The number of rotatable bonds is 3. The van der Waals surface area contributed by atoms with Gasteiger partial charge in [-0.3, -0.25) is 9.59 Å². The van der Waals surface area contributed by atoms with Crippen molar-refractivity contribution in [1.82, 2.24) is 0 Å². The zero-order valence-electron chi connectivity index (χ0n) is 8.75. The van der Waals surface area contributed by atoms with E-state index in [0.29, 0.717) is 0 Å². The lowest BCUT2D eigenvalue weighted by Gasteiger charge is -2.06. The Hall–Kier alpha value is -1.93. The monoisotopic (exact) mass is 288 g/mol. The highest BCUT2D eigenvalue weighted by Crippen LogP contribution is 2.23. The van der Waals surface area contributed by atoms with Crippen molar-refractivity contribution in [3.8, 4) is 0 Å². The lowest BCUT2D eigenvalue weighted by molar-refractivity contribution is -0.170. The smallest absolute Gasteiger partial charge is 0.294 e. The van der Waals surface area contributed by atoms with Crippen LogP contribution in [0.25, 0.3) is 0 Å². The van der Waals surface area contributed by atoms with Crippen molar-refractivity contribution < 1.29 is 40.3 Å². The number of Topliss-reactive ketones (excluding diaryl/α,β-unsaturated/α-hetero) is 2. The molecule has 0 spiro atoms. The maximum atomic E-state index is 13.0. The van der Waals surface area contributed by atoms with Gasteiger partial charge in [0, 0.05) is 0 Å². The molecule has 0 radical (unpaired) electrons. The van der Waals surface area contributed by atoms with Crippen molar-refractivity contribution in [2.75, 3.05) is 0 Å². The topological polar surface area (TPSA) is 34.1 Å². The Morgan fingerprint density at radius 3 is 1.95 bits per heavy atom. The molecule has 0 unspecified atom stereocenters. The molecule has 0 saturated heterocycles. The van der Waals surface area contributed by atoms with Gasteiger partial charge in [0.1, 0.15) is 0 Å². The number of alkyl halides is 3. The van der Waals surface area contributed by atoms with Gasteiger partial charge >= 0.3 is 6.18 Å². The van der Waals surface area contributed by atoms with Gasteiger partial charge in [-0.15, -0.1) is 0 Å². The molecule has 104 valence electrons. The van der Waals surface area contributed by atoms with E-state index in [1.807, 2.05) is 0 Å². The molecule has 0 saturated carbocycles. The summed E-state index contributed by atoms with van der Waals surface area (Å²) in [5, 5.41) is 0. The quantitative estimate of drug-likeness (QED) is 0.282. The Kier molecular flexibility index (Phi) is 3.97. The lowest BCUT2D eigenvalue weighted by atomic mass is 10.0. The molecule has 0 bridgehead atoms. The molecule has 0 amide bonds. The fourth-order valence-corrected chi connectivity index (χ4v) is 1.12. The fraction of sp³-hybridized carbons (Fsp3) is 0.200. The second-order valence-electron chi connectivity index (χ2n) is 3.37. The summed E-state index contributed by atoms with van der Waals surface area (Å²) >= 11 is 0. The first kappa shape index (κ1) is 15.1. The van der Waals surface area contributed by atoms with E-state index >= 15 is 0 Å². The number of carbonyl (C=O) groups is 2. The number of hydrogen-bond donors (Lipinski definition) is 0. The van der Waals surface area contributed by atoms with Crippen LogP contribution in [-0.2, 0) is 4.79 Å². The Bertz CT molecular complexity index is 548. The van der Waals surface area contributed by atoms with Crippen LogP contribution in [0, 0.1) is 23.3 Å². The molecule has 0 aliphatic heterocycles. The van der Waals surface area contributed by atoms with Crippen LogP contribution in [0.15, 0.2) is 6.07 Å². The number of ketones is 2. The molecule has 1 aromatic rings. The minimum atomic E-state index is -5.34. The van der Waals surface area contributed by atoms with E-state index in [1.54, 1.807) is 0 Å². The number of halogens is 7. The molecule has 1 rings (SSSR count). The summed E-state index contributed by atoms with van der Waals surface area (Å²) in [6.45, 7) is 0. The van der Waals surface area contributed by atoms with Gasteiger partial charge in [0.05, 0.1) is 12.0 Å².